The Labute approximate surface area is 226 Å². The molecule has 1 fully saturated rings. The molecule has 6 rings (SSSR count). The summed E-state index contributed by atoms with van der Waals surface area (Å²) in [6.07, 6.45) is -1.55. The molecule has 2 N–H and O–H groups in total. The zero-order valence-corrected chi connectivity index (χ0v) is 21.2. The van der Waals surface area contributed by atoms with Gasteiger partial charge in [0.25, 0.3) is 11.8 Å². The van der Waals surface area contributed by atoms with Gasteiger partial charge >= 0.3 is 6.18 Å². The van der Waals surface area contributed by atoms with Gasteiger partial charge in [-0.05, 0) is 37.1 Å². The van der Waals surface area contributed by atoms with Crippen molar-refractivity contribution in [2.24, 2.45) is 0 Å². The first-order valence-electron chi connectivity index (χ1n) is 12.7. The lowest BCUT2D eigenvalue weighted by molar-refractivity contribution is -0.170. The van der Waals surface area contributed by atoms with Gasteiger partial charge in [-0.25, -0.2) is 9.97 Å². The van der Waals surface area contributed by atoms with Gasteiger partial charge in [0.1, 0.15) is 18.4 Å². The fourth-order valence-corrected chi connectivity index (χ4v) is 5.81. The van der Waals surface area contributed by atoms with Crippen LogP contribution >= 0.6 is 0 Å². The van der Waals surface area contributed by atoms with E-state index in [1.165, 1.54) is 12.3 Å². The molecule has 4 atom stereocenters. The minimum absolute atomic E-state index is 0.0919. The average Bonchev–Trinajstić information content (AvgIpc) is 3.44. The highest BCUT2D eigenvalue weighted by atomic mass is 19.4. The van der Waals surface area contributed by atoms with Crippen molar-refractivity contribution in [2.75, 3.05) is 11.9 Å². The van der Waals surface area contributed by atoms with Gasteiger partial charge in [0.15, 0.2) is 0 Å². The molecule has 206 valence electrons. The van der Waals surface area contributed by atoms with E-state index in [1.807, 2.05) is 0 Å². The van der Waals surface area contributed by atoms with Crippen LogP contribution < -0.4 is 15.4 Å². The van der Waals surface area contributed by atoms with Crippen molar-refractivity contribution < 1.29 is 32.3 Å². The number of fused-ring (bicyclic) bond motifs is 3. The molecule has 3 amide bonds. The second-order valence-corrected chi connectivity index (χ2v) is 10.2. The Morgan fingerprint density at radius 3 is 2.70 bits per heavy atom. The highest BCUT2D eigenvalue weighted by molar-refractivity contribution is 6.05. The molecular weight excluding hydrogens is 527 g/mol. The molecule has 1 unspecified atom stereocenters. The lowest BCUT2D eigenvalue weighted by Crippen LogP contribution is -2.59. The third-order valence-electron chi connectivity index (χ3n) is 7.77. The number of rotatable bonds is 4. The number of amides is 3. The summed E-state index contributed by atoms with van der Waals surface area (Å²) in [5, 5.41) is 5.33. The van der Waals surface area contributed by atoms with Crippen LogP contribution in [-0.4, -0.2) is 57.4 Å². The van der Waals surface area contributed by atoms with E-state index in [1.54, 1.807) is 55.6 Å². The van der Waals surface area contributed by atoms with Gasteiger partial charge in [0, 0.05) is 41.9 Å². The Morgan fingerprint density at radius 1 is 1.18 bits per heavy atom. The van der Waals surface area contributed by atoms with E-state index < -0.39 is 54.0 Å². The second-order valence-electron chi connectivity index (χ2n) is 10.2. The lowest BCUT2D eigenvalue weighted by atomic mass is 9.81. The molecule has 3 aromatic rings. The van der Waals surface area contributed by atoms with Gasteiger partial charge in [0.2, 0.25) is 17.4 Å². The first-order valence-corrected chi connectivity index (χ1v) is 12.7. The first kappa shape index (κ1) is 25.8. The monoisotopic (exact) mass is 551 g/mol. The predicted molar refractivity (Wildman–Crippen MR) is 135 cm³/mol. The van der Waals surface area contributed by atoms with Crippen LogP contribution in [-0.2, 0) is 21.6 Å². The summed E-state index contributed by atoms with van der Waals surface area (Å²) in [5.74, 6) is -1.71. The molecule has 1 spiro atoms. The van der Waals surface area contributed by atoms with E-state index in [2.05, 4.69) is 20.6 Å². The Kier molecular flexibility index (Phi) is 6.00. The number of alkyl halides is 3. The van der Waals surface area contributed by atoms with Crippen molar-refractivity contribution in [1.29, 1.82) is 0 Å². The molecule has 1 aromatic carbocycles. The number of hydrogen-bond donors (Lipinski definition) is 2. The number of hydrogen-bond acceptors (Lipinski definition) is 6. The fourth-order valence-electron chi connectivity index (χ4n) is 5.81. The third-order valence-corrected chi connectivity index (χ3v) is 7.77. The smallest absolute Gasteiger partial charge is 0.406 e. The van der Waals surface area contributed by atoms with Crippen LogP contribution in [0.2, 0.25) is 0 Å². The summed E-state index contributed by atoms with van der Waals surface area (Å²) in [5.41, 5.74) is 0.575. The van der Waals surface area contributed by atoms with Crippen LogP contribution in [0.3, 0.4) is 0 Å². The molecule has 0 aliphatic carbocycles. The van der Waals surface area contributed by atoms with E-state index in [0.717, 1.165) is 10.5 Å². The number of anilines is 1. The summed E-state index contributed by atoms with van der Waals surface area (Å²) in [6.45, 7) is 0.174. The van der Waals surface area contributed by atoms with Crippen molar-refractivity contribution in [3.63, 3.8) is 0 Å². The number of halogens is 3. The molecule has 40 heavy (non-hydrogen) atoms. The molecule has 0 radical (unpaired) electrons. The molecule has 3 aliphatic heterocycles. The molecule has 3 aliphatic rings. The van der Waals surface area contributed by atoms with E-state index in [4.69, 9.17) is 4.74 Å². The van der Waals surface area contributed by atoms with Gasteiger partial charge in [-0.2, -0.15) is 13.2 Å². The first-order chi connectivity index (χ1) is 19.1. The summed E-state index contributed by atoms with van der Waals surface area (Å²) < 4.78 is 46.2. The summed E-state index contributed by atoms with van der Waals surface area (Å²) >= 11 is 0. The quantitative estimate of drug-likeness (QED) is 0.515. The summed E-state index contributed by atoms with van der Waals surface area (Å²) in [4.78, 5) is 48.5. The highest BCUT2D eigenvalue weighted by Gasteiger charge is 2.54. The molecular formula is C28H24F3N5O4. The standard InChI is InChI=1S/C28H24F3N5O4/c1-15-19(16-6-3-2-4-7-16)11-21(25(38)36(15)14-28(29,30)31)34-23(37)18-10-17-12-27(40-24(17)33-13-18)20-8-5-9-32-22(20)35-26(27)39/h2-10,13,15,19,21H,11-12,14H2,1H3,(H,34,37)(H,32,35,39)/t15-,19-,21+,27?/m1/s1. The summed E-state index contributed by atoms with van der Waals surface area (Å²) in [6, 6.07) is 12.0. The van der Waals surface area contributed by atoms with E-state index >= 15 is 0 Å². The predicted octanol–water partition coefficient (Wildman–Crippen LogP) is 3.32. The molecule has 0 bridgehead atoms. The minimum Gasteiger partial charge on any atom is -0.455 e. The SMILES string of the molecule is C[C@@H]1[C@H](c2ccccc2)C[C@H](NC(=O)c2cnc3c(c2)CC2(O3)C(=O)Nc3ncccc32)C(=O)N1CC(F)(F)F. The van der Waals surface area contributed by atoms with E-state index in [-0.39, 0.29) is 24.3 Å². The van der Waals surface area contributed by atoms with Crippen LogP contribution in [0.25, 0.3) is 0 Å². The number of ether oxygens (including phenoxy) is 1. The number of nitrogens with one attached hydrogen (secondary N) is 2. The second kappa shape index (κ2) is 9.32. The number of benzene rings is 1. The van der Waals surface area contributed by atoms with Crippen molar-refractivity contribution >= 4 is 23.5 Å². The average molecular weight is 552 g/mol. The van der Waals surface area contributed by atoms with Gasteiger partial charge in [-0.1, -0.05) is 30.3 Å². The van der Waals surface area contributed by atoms with Crippen LogP contribution in [0.4, 0.5) is 19.0 Å². The maximum Gasteiger partial charge on any atom is 0.406 e. The zero-order chi connectivity index (χ0) is 28.2. The van der Waals surface area contributed by atoms with Crippen molar-refractivity contribution in [1.82, 2.24) is 20.2 Å². The number of carbonyl (C=O) groups is 3. The van der Waals surface area contributed by atoms with Crippen molar-refractivity contribution in [2.45, 2.75) is 49.5 Å². The number of piperidine rings is 1. The molecule has 9 nitrogen and oxygen atoms in total. The van der Waals surface area contributed by atoms with E-state index in [0.29, 0.717) is 16.9 Å². The maximum absolute atomic E-state index is 13.4. The van der Waals surface area contributed by atoms with Gasteiger partial charge < -0.3 is 20.3 Å². The molecule has 12 heteroatoms. The van der Waals surface area contributed by atoms with Crippen LogP contribution in [0.1, 0.15) is 46.3 Å². The van der Waals surface area contributed by atoms with Crippen LogP contribution in [0.5, 0.6) is 5.88 Å². The Bertz CT molecular complexity index is 1520. The lowest BCUT2D eigenvalue weighted by Gasteiger charge is -2.43. The highest BCUT2D eigenvalue weighted by Crippen LogP contribution is 2.46. The largest absolute Gasteiger partial charge is 0.455 e. The number of aromatic nitrogens is 2. The van der Waals surface area contributed by atoms with Gasteiger partial charge in [-0.3, -0.25) is 14.4 Å². The molecule has 1 saturated heterocycles. The Hall–Kier alpha value is -4.48. The minimum atomic E-state index is -4.60. The van der Waals surface area contributed by atoms with E-state index in [9.17, 15) is 27.6 Å². The van der Waals surface area contributed by atoms with Gasteiger partial charge in [0.05, 0.1) is 5.56 Å². The number of likely N-dealkylation sites (tertiary alicyclic amines) is 1. The molecule has 0 saturated carbocycles. The maximum atomic E-state index is 13.4. The van der Waals surface area contributed by atoms with Crippen LogP contribution in [0.15, 0.2) is 60.9 Å². The Balaban J connectivity index is 1.25. The zero-order valence-electron chi connectivity index (χ0n) is 21.2. The molecule has 2 aromatic heterocycles. The fraction of sp³-hybridized carbons (Fsp3) is 0.321. The third kappa shape index (κ3) is 4.33. The number of nitrogens with zero attached hydrogens (tertiary/aromatic N) is 3. The number of carbonyl (C=O) groups excluding carboxylic acids is 3. The van der Waals surface area contributed by atoms with Crippen molar-refractivity contribution in [3.8, 4) is 5.88 Å². The Morgan fingerprint density at radius 2 is 1.95 bits per heavy atom. The van der Waals surface area contributed by atoms with Crippen molar-refractivity contribution in [3.05, 3.63) is 83.2 Å². The topological polar surface area (TPSA) is 114 Å². The van der Waals surface area contributed by atoms with Gasteiger partial charge in [-0.15, -0.1) is 0 Å². The number of pyridine rings is 2. The van der Waals surface area contributed by atoms with Crippen LogP contribution in [0, 0.1) is 0 Å². The normalized spacial score (nSPS) is 25.3. The molecule has 5 heterocycles. The summed E-state index contributed by atoms with van der Waals surface area (Å²) in [7, 11) is 0.